The minimum Gasteiger partial charge on any atom is -0.443 e. The summed E-state index contributed by atoms with van der Waals surface area (Å²) in [6.07, 6.45) is -0.338. The van der Waals surface area contributed by atoms with E-state index in [0.29, 0.717) is 11.6 Å². The molecule has 2 rings (SSSR count). The summed E-state index contributed by atoms with van der Waals surface area (Å²) in [4.78, 5) is 25.4. The van der Waals surface area contributed by atoms with Crippen molar-refractivity contribution in [2.75, 3.05) is 4.90 Å². The van der Waals surface area contributed by atoms with Crippen LogP contribution in [0.3, 0.4) is 0 Å². The van der Waals surface area contributed by atoms with Gasteiger partial charge < -0.3 is 4.74 Å². The molecule has 20 heavy (non-hydrogen) atoms. The number of carbonyl (C=O) groups is 2. The van der Waals surface area contributed by atoms with E-state index in [1.54, 1.807) is 20.8 Å². The molecule has 0 atom stereocenters. The molecule has 1 aromatic rings. The lowest BCUT2D eigenvalue weighted by atomic mass is 10.0. The maximum absolute atomic E-state index is 12.2. The number of ether oxygens (including phenoxy) is 1. The van der Waals surface area contributed by atoms with Crippen LogP contribution in [0, 0.1) is 0 Å². The predicted molar refractivity (Wildman–Crippen MR) is 78.0 cm³/mol. The van der Waals surface area contributed by atoms with Crippen LogP contribution >= 0.6 is 0 Å². The molecule has 2 amide bonds. The Hall–Kier alpha value is -1.84. The van der Waals surface area contributed by atoms with Crippen LogP contribution in [-0.2, 0) is 16.0 Å². The Morgan fingerprint density at radius 2 is 1.95 bits per heavy atom. The van der Waals surface area contributed by atoms with Crippen LogP contribution in [0.15, 0.2) is 18.2 Å². The van der Waals surface area contributed by atoms with Gasteiger partial charge in [0.2, 0.25) is 5.91 Å². The SMILES string of the molecule is CC(C)c1ccc2c(c1)N(C(=O)OC(C)(C)C)C(=O)C2. The van der Waals surface area contributed by atoms with Crippen LogP contribution < -0.4 is 4.90 Å². The van der Waals surface area contributed by atoms with Crippen molar-refractivity contribution in [1.29, 1.82) is 0 Å². The van der Waals surface area contributed by atoms with Crippen molar-refractivity contribution in [3.63, 3.8) is 0 Å². The molecular weight excluding hydrogens is 254 g/mol. The Balaban J connectivity index is 2.36. The van der Waals surface area contributed by atoms with E-state index in [1.165, 1.54) is 0 Å². The fraction of sp³-hybridized carbons (Fsp3) is 0.500. The van der Waals surface area contributed by atoms with Crippen LogP contribution in [0.25, 0.3) is 0 Å². The first-order valence-electron chi connectivity index (χ1n) is 6.88. The van der Waals surface area contributed by atoms with Crippen molar-refractivity contribution in [3.05, 3.63) is 29.3 Å². The summed E-state index contributed by atoms with van der Waals surface area (Å²) >= 11 is 0. The molecule has 0 unspecified atom stereocenters. The summed E-state index contributed by atoms with van der Waals surface area (Å²) in [5.41, 5.74) is 2.03. The maximum atomic E-state index is 12.2. The molecule has 0 spiro atoms. The quantitative estimate of drug-likeness (QED) is 0.786. The van der Waals surface area contributed by atoms with Crippen LogP contribution in [0.2, 0.25) is 0 Å². The van der Waals surface area contributed by atoms with Crippen molar-refractivity contribution in [1.82, 2.24) is 0 Å². The molecule has 0 N–H and O–H groups in total. The van der Waals surface area contributed by atoms with Crippen LogP contribution in [0.1, 0.15) is 51.7 Å². The lowest BCUT2D eigenvalue weighted by Crippen LogP contribution is -2.38. The standard InChI is InChI=1S/C16H21NO3/c1-10(2)11-6-7-12-9-14(18)17(13(12)8-11)15(19)20-16(3,4)5/h6-8,10H,9H2,1-5H3. The van der Waals surface area contributed by atoms with Crippen molar-refractivity contribution < 1.29 is 14.3 Å². The number of carbonyl (C=O) groups excluding carboxylic acids is 2. The van der Waals surface area contributed by atoms with Crippen molar-refractivity contribution in [3.8, 4) is 0 Å². The monoisotopic (exact) mass is 275 g/mol. The Labute approximate surface area is 119 Å². The van der Waals surface area contributed by atoms with E-state index >= 15 is 0 Å². The van der Waals surface area contributed by atoms with E-state index in [9.17, 15) is 9.59 Å². The molecule has 0 saturated heterocycles. The minimum absolute atomic E-state index is 0.227. The highest BCUT2D eigenvalue weighted by Crippen LogP contribution is 2.33. The van der Waals surface area contributed by atoms with Gasteiger partial charge in [-0.2, -0.15) is 0 Å². The lowest BCUT2D eigenvalue weighted by molar-refractivity contribution is -0.117. The van der Waals surface area contributed by atoms with Crippen molar-refractivity contribution in [2.24, 2.45) is 0 Å². The number of imide groups is 1. The largest absolute Gasteiger partial charge is 0.443 e. The summed E-state index contributed by atoms with van der Waals surface area (Å²) in [7, 11) is 0. The van der Waals surface area contributed by atoms with Gasteiger partial charge in [-0.25, -0.2) is 9.69 Å². The number of fused-ring (bicyclic) bond motifs is 1. The van der Waals surface area contributed by atoms with Gasteiger partial charge in [0, 0.05) is 0 Å². The van der Waals surface area contributed by atoms with Gasteiger partial charge in [-0.15, -0.1) is 0 Å². The number of amides is 2. The van der Waals surface area contributed by atoms with Gasteiger partial charge in [0.25, 0.3) is 0 Å². The summed E-state index contributed by atoms with van der Waals surface area (Å²) in [6, 6.07) is 5.84. The topological polar surface area (TPSA) is 46.6 Å². The van der Waals surface area contributed by atoms with Gasteiger partial charge in [0.15, 0.2) is 0 Å². The highest BCUT2D eigenvalue weighted by atomic mass is 16.6. The minimum atomic E-state index is -0.615. The lowest BCUT2D eigenvalue weighted by Gasteiger charge is -2.24. The third-order valence-corrected chi connectivity index (χ3v) is 3.18. The molecule has 0 bridgehead atoms. The zero-order valence-corrected chi connectivity index (χ0v) is 12.7. The number of hydrogen-bond donors (Lipinski definition) is 0. The average Bonchev–Trinajstić information content (AvgIpc) is 2.61. The normalized spacial score (nSPS) is 14.7. The molecule has 1 aliphatic heterocycles. The van der Waals surface area contributed by atoms with Gasteiger partial charge in [-0.3, -0.25) is 4.79 Å². The van der Waals surface area contributed by atoms with Crippen LogP contribution in [0.5, 0.6) is 0 Å². The van der Waals surface area contributed by atoms with Gasteiger partial charge in [0.1, 0.15) is 5.60 Å². The molecule has 0 aliphatic carbocycles. The first-order chi connectivity index (χ1) is 9.19. The van der Waals surface area contributed by atoms with E-state index in [2.05, 4.69) is 13.8 Å². The first kappa shape index (κ1) is 14.6. The number of anilines is 1. The van der Waals surface area contributed by atoms with E-state index in [4.69, 9.17) is 4.74 Å². The molecule has 1 aromatic carbocycles. The molecule has 108 valence electrons. The molecular formula is C16H21NO3. The summed E-state index contributed by atoms with van der Waals surface area (Å²) < 4.78 is 5.32. The fourth-order valence-corrected chi connectivity index (χ4v) is 2.18. The zero-order valence-electron chi connectivity index (χ0n) is 12.7. The maximum Gasteiger partial charge on any atom is 0.421 e. The third kappa shape index (κ3) is 2.84. The smallest absolute Gasteiger partial charge is 0.421 e. The fourth-order valence-electron chi connectivity index (χ4n) is 2.18. The van der Waals surface area contributed by atoms with Gasteiger partial charge >= 0.3 is 6.09 Å². The highest BCUT2D eigenvalue weighted by molar-refractivity contribution is 6.17. The molecule has 0 radical (unpaired) electrons. The Kier molecular flexibility index (Phi) is 3.59. The van der Waals surface area contributed by atoms with E-state index in [1.807, 2.05) is 18.2 Å². The van der Waals surface area contributed by atoms with Crippen LogP contribution in [0.4, 0.5) is 10.5 Å². The second-order valence-electron chi connectivity index (χ2n) is 6.43. The molecule has 4 heteroatoms. The first-order valence-corrected chi connectivity index (χ1v) is 6.88. The summed E-state index contributed by atoms with van der Waals surface area (Å²) in [5, 5.41) is 0. The number of rotatable bonds is 1. The molecule has 0 saturated carbocycles. The highest BCUT2D eigenvalue weighted by Gasteiger charge is 2.35. The van der Waals surface area contributed by atoms with Gasteiger partial charge in [-0.1, -0.05) is 26.0 Å². The molecule has 1 heterocycles. The van der Waals surface area contributed by atoms with Crippen LogP contribution in [-0.4, -0.2) is 17.6 Å². The van der Waals surface area contributed by atoms with Crippen molar-refractivity contribution >= 4 is 17.7 Å². The Morgan fingerprint density at radius 1 is 1.30 bits per heavy atom. The second-order valence-corrected chi connectivity index (χ2v) is 6.43. The van der Waals surface area contributed by atoms with E-state index < -0.39 is 11.7 Å². The zero-order chi connectivity index (χ0) is 15.1. The number of hydrogen-bond acceptors (Lipinski definition) is 3. The second kappa shape index (κ2) is 4.93. The van der Waals surface area contributed by atoms with Crippen molar-refractivity contribution in [2.45, 2.75) is 52.6 Å². The Morgan fingerprint density at radius 3 is 2.50 bits per heavy atom. The van der Waals surface area contributed by atoms with E-state index in [0.717, 1.165) is 16.0 Å². The number of nitrogens with zero attached hydrogens (tertiary/aromatic N) is 1. The summed E-state index contributed by atoms with van der Waals surface area (Å²) in [5.74, 6) is 0.117. The predicted octanol–water partition coefficient (Wildman–Crippen LogP) is 3.63. The Bertz CT molecular complexity index is 555. The average molecular weight is 275 g/mol. The molecule has 0 fully saturated rings. The van der Waals surface area contributed by atoms with E-state index in [-0.39, 0.29) is 12.3 Å². The molecule has 4 nitrogen and oxygen atoms in total. The molecule has 0 aromatic heterocycles. The van der Waals surface area contributed by atoms with Gasteiger partial charge in [-0.05, 0) is 43.9 Å². The van der Waals surface area contributed by atoms with Gasteiger partial charge in [0.05, 0.1) is 12.1 Å². The number of benzene rings is 1. The summed E-state index contributed by atoms with van der Waals surface area (Å²) in [6.45, 7) is 9.53. The third-order valence-electron chi connectivity index (χ3n) is 3.18. The molecule has 1 aliphatic rings.